The summed E-state index contributed by atoms with van der Waals surface area (Å²) in [6, 6.07) is 3.86. The Morgan fingerprint density at radius 1 is 1.44 bits per heavy atom. The molecule has 0 radical (unpaired) electrons. The van der Waals surface area contributed by atoms with Crippen molar-refractivity contribution in [2.45, 2.75) is 51.5 Å². The fourth-order valence-corrected chi connectivity index (χ4v) is 2.62. The molecule has 1 aliphatic rings. The minimum absolute atomic E-state index is 0.0568. The van der Waals surface area contributed by atoms with E-state index < -0.39 is 0 Å². The molecule has 8 nitrogen and oxygen atoms in total. The summed E-state index contributed by atoms with van der Waals surface area (Å²) in [5.74, 6) is 2.26. The van der Waals surface area contributed by atoms with Crippen molar-refractivity contribution in [3.8, 4) is 11.5 Å². The lowest BCUT2D eigenvalue weighted by Crippen LogP contribution is -2.33. The lowest BCUT2D eigenvalue weighted by Gasteiger charge is -2.10. The number of nitrogens with zero attached hydrogens (tertiary/aromatic N) is 5. The Labute approximate surface area is 144 Å². The van der Waals surface area contributed by atoms with E-state index in [-0.39, 0.29) is 18.4 Å². The highest BCUT2D eigenvalue weighted by atomic mass is 16.5. The van der Waals surface area contributed by atoms with Gasteiger partial charge in [-0.25, -0.2) is 0 Å². The lowest BCUT2D eigenvalue weighted by molar-refractivity contribution is -0.121. The third-order valence-corrected chi connectivity index (χ3v) is 4.45. The molecule has 1 aliphatic carbocycles. The van der Waals surface area contributed by atoms with Crippen LogP contribution >= 0.6 is 0 Å². The van der Waals surface area contributed by atoms with E-state index in [1.54, 1.807) is 4.40 Å². The van der Waals surface area contributed by atoms with E-state index >= 15 is 0 Å². The van der Waals surface area contributed by atoms with Crippen LogP contribution in [0.3, 0.4) is 0 Å². The summed E-state index contributed by atoms with van der Waals surface area (Å²) in [5, 5.41) is 15.3. The number of amides is 1. The molecule has 0 bridgehead atoms. The van der Waals surface area contributed by atoms with E-state index in [2.05, 4.69) is 25.7 Å². The van der Waals surface area contributed by atoms with Gasteiger partial charge in [-0.05, 0) is 38.3 Å². The van der Waals surface area contributed by atoms with Crippen LogP contribution in [0, 0.1) is 0 Å². The van der Waals surface area contributed by atoms with E-state index in [0.717, 1.165) is 30.7 Å². The Morgan fingerprint density at radius 3 is 3.04 bits per heavy atom. The normalized spacial score (nSPS) is 15.4. The van der Waals surface area contributed by atoms with Crippen LogP contribution in [0.2, 0.25) is 0 Å². The highest BCUT2D eigenvalue weighted by Gasteiger charge is 2.29. The van der Waals surface area contributed by atoms with E-state index in [0.29, 0.717) is 23.3 Å². The van der Waals surface area contributed by atoms with Crippen molar-refractivity contribution >= 4 is 11.6 Å². The van der Waals surface area contributed by atoms with Crippen LogP contribution in [-0.4, -0.2) is 36.7 Å². The second-order valence-corrected chi connectivity index (χ2v) is 6.55. The fraction of sp³-hybridized carbons (Fsp3) is 0.471. The molecule has 1 fully saturated rings. The topological polar surface area (TPSA) is 98.2 Å². The Bertz CT molecular complexity index is 911. The van der Waals surface area contributed by atoms with Crippen molar-refractivity contribution in [2.24, 2.45) is 0 Å². The average Bonchev–Trinajstić information content (AvgIpc) is 3.21. The van der Waals surface area contributed by atoms with Gasteiger partial charge in [-0.3, -0.25) is 9.20 Å². The Morgan fingerprint density at radius 2 is 2.28 bits per heavy atom. The molecule has 3 heterocycles. The average molecular weight is 340 g/mol. The molecule has 3 aromatic heterocycles. The van der Waals surface area contributed by atoms with Gasteiger partial charge in [-0.1, -0.05) is 12.1 Å². The predicted molar refractivity (Wildman–Crippen MR) is 89.9 cm³/mol. The van der Waals surface area contributed by atoms with Gasteiger partial charge in [-0.15, -0.1) is 10.2 Å². The van der Waals surface area contributed by atoms with Crippen LogP contribution in [0.15, 0.2) is 22.9 Å². The second kappa shape index (κ2) is 6.27. The molecular weight excluding hydrogens is 320 g/mol. The molecular formula is C17H20N6O2. The number of carbonyl (C=O) groups is 1. The summed E-state index contributed by atoms with van der Waals surface area (Å²) in [6.45, 7) is 4.01. The molecule has 25 heavy (non-hydrogen) atoms. The Hall–Kier alpha value is -2.77. The second-order valence-electron chi connectivity index (χ2n) is 6.55. The van der Waals surface area contributed by atoms with Crippen LogP contribution in [0.4, 0.5) is 0 Å². The van der Waals surface area contributed by atoms with Crippen LogP contribution in [-0.2, 0) is 11.2 Å². The summed E-state index contributed by atoms with van der Waals surface area (Å²) >= 11 is 0. The zero-order valence-corrected chi connectivity index (χ0v) is 14.3. The predicted octanol–water partition coefficient (Wildman–Crippen LogP) is 2.11. The van der Waals surface area contributed by atoms with Crippen molar-refractivity contribution in [1.29, 1.82) is 0 Å². The first-order valence-corrected chi connectivity index (χ1v) is 8.61. The first kappa shape index (κ1) is 15.7. The quantitative estimate of drug-likeness (QED) is 0.738. The number of carbonyl (C=O) groups excluding carboxylic acids is 1. The van der Waals surface area contributed by atoms with E-state index in [1.807, 2.05) is 32.2 Å². The number of hydrogen-bond acceptors (Lipinski definition) is 6. The summed E-state index contributed by atoms with van der Waals surface area (Å²) in [5.41, 5.74) is 1.45. The third-order valence-electron chi connectivity index (χ3n) is 4.45. The van der Waals surface area contributed by atoms with Gasteiger partial charge in [-0.2, -0.15) is 4.98 Å². The van der Waals surface area contributed by atoms with Gasteiger partial charge in [0, 0.05) is 23.7 Å². The van der Waals surface area contributed by atoms with Crippen molar-refractivity contribution in [3.05, 3.63) is 30.0 Å². The minimum atomic E-state index is -0.0568. The highest BCUT2D eigenvalue weighted by molar-refractivity contribution is 5.78. The van der Waals surface area contributed by atoms with Crippen molar-refractivity contribution in [2.75, 3.05) is 0 Å². The zero-order valence-electron chi connectivity index (χ0n) is 14.3. The number of hydrogen-bond donors (Lipinski definition) is 1. The maximum Gasteiger partial charge on any atom is 0.258 e. The summed E-state index contributed by atoms with van der Waals surface area (Å²) in [4.78, 5) is 16.5. The maximum absolute atomic E-state index is 12.1. The van der Waals surface area contributed by atoms with Gasteiger partial charge in [0.15, 0.2) is 11.5 Å². The lowest BCUT2D eigenvalue weighted by atomic mass is 10.2. The molecule has 0 aromatic carbocycles. The van der Waals surface area contributed by atoms with E-state index in [4.69, 9.17) is 4.52 Å². The SMILES string of the molecule is CC[C@H](C)NC(=O)Cc1nnc2cc(-c3nc(C4CC4)no3)ccn12. The summed E-state index contributed by atoms with van der Waals surface area (Å²) in [7, 11) is 0. The van der Waals surface area contributed by atoms with Gasteiger partial charge in [0.2, 0.25) is 5.91 Å². The van der Waals surface area contributed by atoms with Crippen LogP contribution in [0.25, 0.3) is 17.1 Å². The third kappa shape index (κ3) is 3.24. The standard InChI is InChI=1S/C17H20N6O2/c1-3-10(2)18-15(24)9-14-21-20-13-8-12(6-7-23(13)14)17-19-16(22-25-17)11-4-5-11/h6-8,10-11H,3-5,9H2,1-2H3,(H,18,24)/t10-/m0/s1. The monoisotopic (exact) mass is 340 g/mol. The largest absolute Gasteiger partial charge is 0.353 e. The maximum atomic E-state index is 12.1. The number of fused-ring (bicyclic) bond motifs is 1. The van der Waals surface area contributed by atoms with Gasteiger partial charge in [0.05, 0.1) is 6.42 Å². The first-order valence-electron chi connectivity index (χ1n) is 8.61. The molecule has 8 heteroatoms. The fourth-order valence-electron chi connectivity index (χ4n) is 2.62. The molecule has 1 N–H and O–H groups in total. The molecule has 0 spiro atoms. The number of rotatable bonds is 6. The van der Waals surface area contributed by atoms with Gasteiger partial charge < -0.3 is 9.84 Å². The Kier molecular flexibility index (Phi) is 3.95. The summed E-state index contributed by atoms with van der Waals surface area (Å²) in [6.07, 6.45) is 5.17. The number of pyridine rings is 1. The van der Waals surface area contributed by atoms with Gasteiger partial charge in [0.25, 0.3) is 5.89 Å². The van der Waals surface area contributed by atoms with Gasteiger partial charge in [0.1, 0.15) is 5.82 Å². The van der Waals surface area contributed by atoms with E-state index in [1.165, 1.54) is 0 Å². The minimum Gasteiger partial charge on any atom is -0.353 e. The van der Waals surface area contributed by atoms with Crippen LogP contribution in [0.5, 0.6) is 0 Å². The molecule has 130 valence electrons. The Balaban J connectivity index is 1.54. The number of nitrogens with one attached hydrogen (secondary N) is 1. The van der Waals surface area contributed by atoms with E-state index in [9.17, 15) is 4.79 Å². The van der Waals surface area contributed by atoms with Crippen molar-refractivity contribution < 1.29 is 9.32 Å². The van der Waals surface area contributed by atoms with Crippen molar-refractivity contribution in [3.63, 3.8) is 0 Å². The summed E-state index contributed by atoms with van der Waals surface area (Å²) < 4.78 is 7.15. The molecule has 1 atom stereocenters. The van der Waals surface area contributed by atoms with Crippen LogP contribution < -0.4 is 5.32 Å². The molecule has 0 aliphatic heterocycles. The number of aromatic nitrogens is 5. The molecule has 0 unspecified atom stereocenters. The molecule has 4 rings (SSSR count). The molecule has 1 amide bonds. The first-order chi connectivity index (χ1) is 12.1. The van der Waals surface area contributed by atoms with Crippen molar-refractivity contribution in [1.82, 2.24) is 30.1 Å². The molecule has 0 saturated heterocycles. The molecule has 1 saturated carbocycles. The molecule has 3 aromatic rings. The van der Waals surface area contributed by atoms with Gasteiger partial charge >= 0.3 is 0 Å². The van der Waals surface area contributed by atoms with Crippen LogP contribution in [0.1, 0.15) is 50.7 Å². The smallest absolute Gasteiger partial charge is 0.258 e. The zero-order chi connectivity index (χ0) is 17.4. The highest BCUT2D eigenvalue weighted by Crippen LogP contribution is 2.38.